The number of hydrogen-bond donors (Lipinski definition) is 1. The minimum absolute atomic E-state index is 0.270. The van der Waals surface area contributed by atoms with Crippen LogP contribution in [0.5, 0.6) is 5.75 Å². The summed E-state index contributed by atoms with van der Waals surface area (Å²) in [5.74, 6) is 0.351. The number of nitrogens with one attached hydrogen (secondary N) is 1. The normalized spacial score (nSPS) is 17.8. The van der Waals surface area contributed by atoms with Gasteiger partial charge in [0, 0.05) is 17.0 Å². The third-order valence-electron chi connectivity index (χ3n) is 4.76. The van der Waals surface area contributed by atoms with Crippen molar-refractivity contribution < 1.29 is 17.9 Å². The van der Waals surface area contributed by atoms with Gasteiger partial charge in [0.25, 0.3) is 0 Å². The van der Waals surface area contributed by atoms with Crippen molar-refractivity contribution in [1.29, 1.82) is 0 Å². The van der Waals surface area contributed by atoms with Gasteiger partial charge in [0.05, 0.1) is 18.0 Å². The number of amides is 1. The summed E-state index contributed by atoms with van der Waals surface area (Å²) in [7, 11) is -3.65. The molecule has 2 aromatic rings. The Bertz CT molecular complexity index is 1020. The molecule has 1 N–H and O–H groups in total. The number of nitrogens with zero attached hydrogens (tertiary/aromatic N) is 1. The number of ether oxygens (including phenoxy) is 1. The van der Waals surface area contributed by atoms with Crippen molar-refractivity contribution in [2.24, 2.45) is 0 Å². The molecular weight excluding hydrogens is 412 g/mol. The van der Waals surface area contributed by atoms with Crippen molar-refractivity contribution in [3.05, 3.63) is 58.6 Å². The summed E-state index contributed by atoms with van der Waals surface area (Å²) in [4.78, 5) is 12.8. The number of carbonyl (C=O) groups is 1. The van der Waals surface area contributed by atoms with Gasteiger partial charge in [0.15, 0.2) is 0 Å². The fourth-order valence-electron chi connectivity index (χ4n) is 3.47. The summed E-state index contributed by atoms with van der Waals surface area (Å²) in [6.07, 6.45) is 1.65. The lowest BCUT2D eigenvalue weighted by molar-refractivity contribution is -0.120. The Morgan fingerprint density at radius 3 is 2.52 bits per heavy atom. The molecule has 1 aliphatic heterocycles. The molecule has 29 heavy (non-hydrogen) atoms. The molecule has 0 spiro atoms. The van der Waals surface area contributed by atoms with E-state index in [0.717, 1.165) is 27.4 Å². The molecule has 0 radical (unpaired) electrons. The molecule has 2 aromatic carbocycles. The molecule has 0 aliphatic carbocycles. The summed E-state index contributed by atoms with van der Waals surface area (Å²) in [5.41, 5.74) is 1.89. The number of halogens is 1. The van der Waals surface area contributed by atoms with E-state index in [4.69, 9.17) is 16.3 Å². The summed E-state index contributed by atoms with van der Waals surface area (Å²) in [6, 6.07) is 11.9. The van der Waals surface area contributed by atoms with Crippen LogP contribution in [0.2, 0.25) is 5.02 Å². The molecule has 1 amide bonds. The number of hydrogen-bond acceptors (Lipinski definition) is 4. The SMILES string of the molecule is Cc1ccc2c(c1)OC(C)(C)C[C@H]2NC(=O)CN(c1ccc(Cl)cc1)S(C)(=O)=O. The first-order valence-electron chi connectivity index (χ1n) is 9.27. The molecule has 0 unspecified atom stereocenters. The highest BCUT2D eigenvalue weighted by atomic mass is 35.5. The van der Waals surface area contributed by atoms with Gasteiger partial charge < -0.3 is 10.1 Å². The molecule has 8 heteroatoms. The zero-order valence-corrected chi connectivity index (χ0v) is 18.5. The largest absolute Gasteiger partial charge is 0.487 e. The number of benzene rings is 2. The summed E-state index contributed by atoms with van der Waals surface area (Å²) in [5, 5.41) is 3.47. The minimum Gasteiger partial charge on any atom is -0.487 e. The summed E-state index contributed by atoms with van der Waals surface area (Å²) < 4.78 is 31.7. The Morgan fingerprint density at radius 1 is 1.24 bits per heavy atom. The molecule has 0 aromatic heterocycles. The van der Waals surface area contributed by atoms with Gasteiger partial charge in [-0.15, -0.1) is 0 Å². The number of sulfonamides is 1. The van der Waals surface area contributed by atoms with Gasteiger partial charge in [0.2, 0.25) is 15.9 Å². The standard InChI is InChI=1S/C21H25ClN2O4S/c1-14-5-10-17-18(12-21(2,3)28-19(17)11-14)23-20(25)13-24(29(4,26)27)16-8-6-15(22)7-9-16/h5-11,18H,12-13H2,1-4H3,(H,23,25)/t18-/m1/s1. The lowest BCUT2D eigenvalue weighted by Gasteiger charge is -2.38. The highest BCUT2D eigenvalue weighted by Gasteiger charge is 2.35. The van der Waals surface area contributed by atoms with E-state index in [1.165, 1.54) is 0 Å². The van der Waals surface area contributed by atoms with Crippen LogP contribution in [0.3, 0.4) is 0 Å². The van der Waals surface area contributed by atoms with Crippen molar-refractivity contribution in [1.82, 2.24) is 5.32 Å². The average molecular weight is 437 g/mol. The Kier molecular flexibility index (Phi) is 5.83. The number of rotatable bonds is 5. The highest BCUT2D eigenvalue weighted by molar-refractivity contribution is 7.92. The van der Waals surface area contributed by atoms with Crippen LogP contribution in [0.4, 0.5) is 5.69 Å². The maximum absolute atomic E-state index is 12.8. The monoisotopic (exact) mass is 436 g/mol. The molecule has 1 heterocycles. The van der Waals surface area contributed by atoms with Gasteiger partial charge in [-0.05, 0) is 56.7 Å². The van der Waals surface area contributed by atoms with E-state index in [1.54, 1.807) is 24.3 Å². The number of fused-ring (bicyclic) bond motifs is 1. The number of carbonyl (C=O) groups excluding carboxylic acids is 1. The minimum atomic E-state index is -3.65. The molecule has 1 atom stereocenters. The predicted octanol–water partition coefficient (Wildman–Crippen LogP) is 3.83. The first-order valence-corrected chi connectivity index (χ1v) is 11.5. The number of aryl methyl sites for hydroxylation is 1. The van der Waals surface area contributed by atoms with Crippen molar-refractivity contribution in [3.8, 4) is 5.75 Å². The Balaban J connectivity index is 1.83. The van der Waals surface area contributed by atoms with Crippen LogP contribution in [-0.4, -0.2) is 32.7 Å². The maximum Gasteiger partial charge on any atom is 0.241 e. The fraction of sp³-hybridized carbons (Fsp3) is 0.381. The topological polar surface area (TPSA) is 75.7 Å². The van der Waals surface area contributed by atoms with Crippen molar-refractivity contribution in [2.75, 3.05) is 17.1 Å². The van der Waals surface area contributed by atoms with E-state index in [0.29, 0.717) is 17.1 Å². The third kappa shape index (κ3) is 5.22. The predicted molar refractivity (Wildman–Crippen MR) is 115 cm³/mol. The van der Waals surface area contributed by atoms with Crippen LogP contribution in [-0.2, 0) is 14.8 Å². The van der Waals surface area contributed by atoms with E-state index in [1.807, 2.05) is 39.0 Å². The second kappa shape index (κ2) is 7.88. The van der Waals surface area contributed by atoms with E-state index in [-0.39, 0.29) is 18.5 Å². The second-order valence-corrected chi connectivity index (χ2v) is 10.3. The van der Waals surface area contributed by atoms with Crippen LogP contribution in [0.1, 0.15) is 37.4 Å². The van der Waals surface area contributed by atoms with Crippen molar-refractivity contribution in [2.45, 2.75) is 38.8 Å². The van der Waals surface area contributed by atoms with E-state index in [2.05, 4.69) is 5.32 Å². The van der Waals surface area contributed by atoms with E-state index < -0.39 is 15.6 Å². The van der Waals surface area contributed by atoms with Crippen LogP contribution in [0.15, 0.2) is 42.5 Å². The summed E-state index contributed by atoms with van der Waals surface area (Å²) in [6.45, 7) is 5.59. The molecule has 0 saturated heterocycles. The quantitative estimate of drug-likeness (QED) is 0.772. The lowest BCUT2D eigenvalue weighted by atomic mass is 9.89. The Labute approximate surface area is 176 Å². The average Bonchev–Trinajstić information content (AvgIpc) is 2.58. The molecule has 1 aliphatic rings. The zero-order chi connectivity index (χ0) is 21.4. The molecular formula is C21H25ClN2O4S. The first-order chi connectivity index (χ1) is 13.4. The van der Waals surface area contributed by atoms with E-state index in [9.17, 15) is 13.2 Å². The van der Waals surface area contributed by atoms with Gasteiger partial charge in [-0.25, -0.2) is 8.42 Å². The third-order valence-corrected chi connectivity index (χ3v) is 6.16. The van der Waals surface area contributed by atoms with Gasteiger partial charge in [-0.2, -0.15) is 0 Å². The fourth-order valence-corrected chi connectivity index (χ4v) is 4.45. The molecule has 156 valence electrons. The Morgan fingerprint density at radius 2 is 1.90 bits per heavy atom. The van der Waals surface area contributed by atoms with Crippen LogP contribution in [0, 0.1) is 6.92 Å². The number of anilines is 1. The smallest absolute Gasteiger partial charge is 0.241 e. The molecule has 6 nitrogen and oxygen atoms in total. The molecule has 0 saturated carbocycles. The summed E-state index contributed by atoms with van der Waals surface area (Å²) >= 11 is 5.89. The van der Waals surface area contributed by atoms with Crippen molar-refractivity contribution in [3.63, 3.8) is 0 Å². The lowest BCUT2D eigenvalue weighted by Crippen LogP contribution is -2.45. The highest BCUT2D eigenvalue weighted by Crippen LogP contribution is 2.39. The van der Waals surface area contributed by atoms with Gasteiger partial charge in [0.1, 0.15) is 17.9 Å². The van der Waals surface area contributed by atoms with Gasteiger partial charge in [-0.1, -0.05) is 23.7 Å². The van der Waals surface area contributed by atoms with E-state index >= 15 is 0 Å². The molecule has 0 fully saturated rings. The zero-order valence-electron chi connectivity index (χ0n) is 16.9. The first kappa shape index (κ1) is 21.5. The van der Waals surface area contributed by atoms with Crippen LogP contribution >= 0.6 is 11.6 Å². The van der Waals surface area contributed by atoms with Gasteiger partial charge >= 0.3 is 0 Å². The van der Waals surface area contributed by atoms with Crippen molar-refractivity contribution >= 4 is 33.2 Å². The maximum atomic E-state index is 12.8. The van der Waals surface area contributed by atoms with Crippen LogP contribution < -0.4 is 14.4 Å². The van der Waals surface area contributed by atoms with Crippen LogP contribution in [0.25, 0.3) is 0 Å². The molecule has 3 rings (SSSR count). The second-order valence-electron chi connectivity index (χ2n) is 7.97. The Hall–Kier alpha value is -2.25. The molecule has 0 bridgehead atoms. The van der Waals surface area contributed by atoms with Gasteiger partial charge in [-0.3, -0.25) is 9.10 Å².